The van der Waals surface area contributed by atoms with Gasteiger partial charge in [0.1, 0.15) is 5.82 Å². The SMILES string of the molecule is O=C(NCCn1cnc2cc(C(=O)N3CCCC3)ccc21)NCc1ccc(F)cc1. The molecular formula is C22H24FN5O2. The lowest BCUT2D eigenvalue weighted by Gasteiger charge is -2.15. The minimum Gasteiger partial charge on any atom is -0.339 e. The van der Waals surface area contributed by atoms with Gasteiger partial charge in [-0.3, -0.25) is 4.79 Å². The average molecular weight is 409 g/mol. The highest BCUT2D eigenvalue weighted by Crippen LogP contribution is 2.18. The molecule has 7 nitrogen and oxygen atoms in total. The maximum Gasteiger partial charge on any atom is 0.315 e. The minimum absolute atomic E-state index is 0.0587. The fourth-order valence-electron chi connectivity index (χ4n) is 3.61. The first kappa shape index (κ1) is 19.9. The van der Waals surface area contributed by atoms with Crippen molar-refractivity contribution in [2.45, 2.75) is 25.9 Å². The standard InChI is InChI=1S/C22H24FN5O2/c23-18-6-3-16(4-7-18)14-25-22(30)24-9-12-28-15-26-19-13-17(5-8-20(19)28)21(29)27-10-1-2-11-27/h3-8,13,15H,1-2,9-12,14H2,(H2,24,25,30). The fourth-order valence-corrected chi connectivity index (χ4v) is 3.61. The van der Waals surface area contributed by atoms with Crippen molar-refractivity contribution in [2.24, 2.45) is 0 Å². The zero-order chi connectivity index (χ0) is 20.9. The van der Waals surface area contributed by atoms with Gasteiger partial charge in [0, 0.05) is 38.3 Å². The molecule has 0 saturated carbocycles. The number of likely N-dealkylation sites (tertiary alicyclic amines) is 1. The van der Waals surface area contributed by atoms with Crippen molar-refractivity contribution in [3.8, 4) is 0 Å². The van der Waals surface area contributed by atoms with Crippen LogP contribution in [-0.4, -0.2) is 46.0 Å². The second kappa shape index (κ2) is 8.94. The third-order valence-corrected chi connectivity index (χ3v) is 5.27. The number of amides is 3. The molecule has 1 aromatic heterocycles. The maximum atomic E-state index is 12.9. The van der Waals surface area contributed by atoms with E-state index in [0.717, 1.165) is 42.5 Å². The first-order chi connectivity index (χ1) is 14.6. The summed E-state index contributed by atoms with van der Waals surface area (Å²) < 4.78 is 14.8. The summed E-state index contributed by atoms with van der Waals surface area (Å²) in [6.07, 6.45) is 3.84. The van der Waals surface area contributed by atoms with Crippen LogP contribution < -0.4 is 10.6 Å². The molecule has 0 spiro atoms. The van der Waals surface area contributed by atoms with Gasteiger partial charge in [0.2, 0.25) is 0 Å². The second-order valence-corrected chi connectivity index (χ2v) is 7.38. The number of urea groups is 1. The molecule has 0 bridgehead atoms. The summed E-state index contributed by atoms with van der Waals surface area (Å²) in [7, 11) is 0. The van der Waals surface area contributed by atoms with E-state index in [2.05, 4.69) is 15.6 Å². The Morgan fingerprint density at radius 3 is 2.57 bits per heavy atom. The number of carbonyl (C=O) groups excluding carboxylic acids is 2. The summed E-state index contributed by atoms with van der Waals surface area (Å²) in [5, 5.41) is 5.54. The van der Waals surface area contributed by atoms with Gasteiger partial charge in [-0.25, -0.2) is 14.2 Å². The smallest absolute Gasteiger partial charge is 0.315 e. The van der Waals surface area contributed by atoms with Gasteiger partial charge in [0.25, 0.3) is 5.91 Å². The molecule has 3 amide bonds. The molecule has 0 unspecified atom stereocenters. The molecule has 4 rings (SSSR count). The normalized spacial score (nSPS) is 13.6. The number of benzene rings is 2. The molecule has 8 heteroatoms. The Hall–Kier alpha value is -3.42. The summed E-state index contributed by atoms with van der Waals surface area (Å²) in [5.41, 5.74) is 3.17. The Bertz CT molecular complexity index is 1040. The predicted octanol–water partition coefficient (Wildman–Crippen LogP) is 2.91. The number of nitrogens with one attached hydrogen (secondary N) is 2. The van der Waals surface area contributed by atoms with E-state index in [1.807, 2.05) is 27.7 Å². The molecule has 1 fully saturated rings. The number of imidazole rings is 1. The Morgan fingerprint density at radius 2 is 1.80 bits per heavy atom. The minimum atomic E-state index is -0.303. The molecule has 3 aromatic rings. The number of nitrogens with zero attached hydrogens (tertiary/aromatic N) is 3. The van der Waals surface area contributed by atoms with E-state index >= 15 is 0 Å². The molecule has 1 aliphatic heterocycles. The van der Waals surface area contributed by atoms with Crippen LogP contribution in [0.15, 0.2) is 48.8 Å². The van der Waals surface area contributed by atoms with Crippen molar-refractivity contribution >= 4 is 23.0 Å². The first-order valence-corrected chi connectivity index (χ1v) is 10.1. The summed E-state index contributed by atoms with van der Waals surface area (Å²) in [6.45, 7) is 2.95. The van der Waals surface area contributed by atoms with Gasteiger partial charge in [-0.2, -0.15) is 0 Å². The van der Waals surface area contributed by atoms with E-state index in [-0.39, 0.29) is 17.8 Å². The third kappa shape index (κ3) is 4.59. The molecule has 0 atom stereocenters. The van der Waals surface area contributed by atoms with Crippen LogP contribution in [0.2, 0.25) is 0 Å². The van der Waals surface area contributed by atoms with Crippen LogP contribution in [0.4, 0.5) is 9.18 Å². The van der Waals surface area contributed by atoms with Crippen molar-refractivity contribution in [3.05, 3.63) is 65.7 Å². The summed E-state index contributed by atoms with van der Waals surface area (Å²) >= 11 is 0. The number of fused-ring (bicyclic) bond motifs is 1. The highest BCUT2D eigenvalue weighted by atomic mass is 19.1. The van der Waals surface area contributed by atoms with Crippen LogP contribution in [-0.2, 0) is 13.1 Å². The lowest BCUT2D eigenvalue weighted by Crippen LogP contribution is -2.36. The maximum absolute atomic E-state index is 12.9. The van der Waals surface area contributed by atoms with E-state index in [0.29, 0.717) is 25.2 Å². The molecule has 2 heterocycles. The van der Waals surface area contributed by atoms with E-state index in [9.17, 15) is 14.0 Å². The summed E-state index contributed by atoms with van der Waals surface area (Å²) in [6, 6.07) is 11.3. The molecule has 30 heavy (non-hydrogen) atoms. The van der Waals surface area contributed by atoms with E-state index in [1.54, 1.807) is 18.5 Å². The predicted molar refractivity (Wildman–Crippen MR) is 112 cm³/mol. The molecule has 156 valence electrons. The Balaban J connectivity index is 1.29. The zero-order valence-corrected chi connectivity index (χ0v) is 16.6. The van der Waals surface area contributed by atoms with E-state index < -0.39 is 0 Å². The van der Waals surface area contributed by atoms with Gasteiger partial charge in [-0.1, -0.05) is 12.1 Å². The Labute approximate surface area is 173 Å². The zero-order valence-electron chi connectivity index (χ0n) is 16.6. The van der Waals surface area contributed by atoms with Crippen LogP contribution in [0, 0.1) is 5.82 Å². The number of hydrogen-bond acceptors (Lipinski definition) is 3. The van der Waals surface area contributed by atoms with Gasteiger partial charge in [0.15, 0.2) is 0 Å². The van der Waals surface area contributed by atoms with E-state index in [1.165, 1.54) is 12.1 Å². The number of halogens is 1. The number of carbonyl (C=O) groups is 2. The number of rotatable bonds is 6. The van der Waals surface area contributed by atoms with Crippen LogP contribution in [0.5, 0.6) is 0 Å². The monoisotopic (exact) mass is 409 g/mol. The average Bonchev–Trinajstić information content (AvgIpc) is 3.43. The fraction of sp³-hybridized carbons (Fsp3) is 0.318. The van der Waals surface area contributed by atoms with Gasteiger partial charge in [-0.15, -0.1) is 0 Å². The lowest BCUT2D eigenvalue weighted by molar-refractivity contribution is 0.0793. The second-order valence-electron chi connectivity index (χ2n) is 7.38. The number of hydrogen-bond donors (Lipinski definition) is 2. The topological polar surface area (TPSA) is 79.3 Å². The molecule has 0 aliphatic carbocycles. The van der Waals surface area contributed by atoms with Crippen molar-refractivity contribution in [1.82, 2.24) is 25.1 Å². The lowest BCUT2D eigenvalue weighted by atomic mass is 10.1. The molecular weight excluding hydrogens is 385 g/mol. The van der Waals surface area contributed by atoms with Gasteiger partial charge < -0.3 is 20.1 Å². The quantitative estimate of drug-likeness (QED) is 0.657. The molecule has 2 N–H and O–H groups in total. The van der Waals surface area contributed by atoms with Gasteiger partial charge >= 0.3 is 6.03 Å². The van der Waals surface area contributed by atoms with Crippen molar-refractivity contribution in [1.29, 1.82) is 0 Å². The van der Waals surface area contributed by atoms with Crippen molar-refractivity contribution < 1.29 is 14.0 Å². The number of aromatic nitrogens is 2. The van der Waals surface area contributed by atoms with Crippen LogP contribution in [0.25, 0.3) is 11.0 Å². The van der Waals surface area contributed by atoms with Gasteiger partial charge in [0.05, 0.1) is 17.4 Å². The molecule has 0 radical (unpaired) electrons. The highest BCUT2D eigenvalue weighted by Gasteiger charge is 2.20. The summed E-state index contributed by atoms with van der Waals surface area (Å²) in [5.74, 6) is -0.244. The van der Waals surface area contributed by atoms with Crippen LogP contribution >= 0.6 is 0 Å². The highest BCUT2D eigenvalue weighted by molar-refractivity contribution is 5.97. The Morgan fingerprint density at radius 1 is 1.03 bits per heavy atom. The third-order valence-electron chi connectivity index (χ3n) is 5.27. The molecule has 2 aromatic carbocycles. The van der Waals surface area contributed by atoms with Crippen molar-refractivity contribution in [2.75, 3.05) is 19.6 Å². The first-order valence-electron chi connectivity index (χ1n) is 10.1. The molecule has 1 saturated heterocycles. The van der Waals surface area contributed by atoms with Gasteiger partial charge in [-0.05, 0) is 48.7 Å². The van der Waals surface area contributed by atoms with Crippen LogP contribution in [0.1, 0.15) is 28.8 Å². The molecule has 1 aliphatic rings. The van der Waals surface area contributed by atoms with Crippen LogP contribution in [0.3, 0.4) is 0 Å². The Kier molecular flexibility index (Phi) is 5.92. The van der Waals surface area contributed by atoms with Crippen molar-refractivity contribution in [3.63, 3.8) is 0 Å². The summed E-state index contributed by atoms with van der Waals surface area (Å²) in [4.78, 5) is 30.8. The largest absolute Gasteiger partial charge is 0.339 e. The van der Waals surface area contributed by atoms with E-state index in [4.69, 9.17) is 0 Å².